The summed E-state index contributed by atoms with van der Waals surface area (Å²) in [4.78, 5) is 27.1. The quantitative estimate of drug-likeness (QED) is 0.831. The number of hydrogen-bond acceptors (Lipinski definition) is 4. The van der Waals surface area contributed by atoms with E-state index < -0.39 is 12.0 Å². The average Bonchev–Trinajstić information content (AvgIpc) is 3.18. The van der Waals surface area contributed by atoms with Crippen LogP contribution in [0.3, 0.4) is 0 Å². The van der Waals surface area contributed by atoms with Crippen LogP contribution < -0.4 is 5.32 Å². The number of carbonyl (C=O) groups excluding carboxylic acids is 2. The molecule has 0 unspecified atom stereocenters. The maximum Gasteiger partial charge on any atom is 0.338 e. The van der Waals surface area contributed by atoms with E-state index in [2.05, 4.69) is 21.2 Å². The molecular formula is C14H15BrN2O3S. The van der Waals surface area contributed by atoms with Gasteiger partial charge in [0.05, 0.1) is 22.5 Å². The lowest BCUT2D eigenvalue weighted by molar-refractivity contribution is -0.136. The molecule has 1 aromatic rings. The highest BCUT2D eigenvalue weighted by Crippen LogP contribution is 2.40. The number of urea groups is 1. The molecule has 1 atom stereocenters. The Kier molecular flexibility index (Phi) is 3.79. The molecular weight excluding hydrogens is 356 g/mol. The number of amides is 2. The Labute approximate surface area is 135 Å². The maximum atomic E-state index is 12.4. The van der Waals surface area contributed by atoms with Gasteiger partial charge in [-0.3, -0.25) is 4.90 Å². The highest BCUT2D eigenvalue weighted by molar-refractivity contribution is 9.11. The van der Waals surface area contributed by atoms with Crippen molar-refractivity contribution in [1.82, 2.24) is 10.2 Å². The van der Waals surface area contributed by atoms with Crippen molar-refractivity contribution >= 4 is 39.3 Å². The van der Waals surface area contributed by atoms with Crippen LogP contribution in [-0.4, -0.2) is 30.1 Å². The Morgan fingerprint density at radius 1 is 1.48 bits per heavy atom. The largest absolute Gasteiger partial charge is 0.466 e. The van der Waals surface area contributed by atoms with Gasteiger partial charge in [0, 0.05) is 16.6 Å². The molecule has 7 heteroatoms. The molecule has 0 spiro atoms. The van der Waals surface area contributed by atoms with Crippen molar-refractivity contribution < 1.29 is 14.3 Å². The smallest absolute Gasteiger partial charge is 0.338 e. The van der Waals surface area contributed by atoms with Crippen LogP contribution in [0.15, 0.2) is 27.2 Å². The van der Waals surface area contributed by atoms with Gasteiger partial charge in [0.25, 0.3) is 0 Å². The summed E-state index contributed by atoms with van der Waals surface area (Å²) < 4.78 is 5.88. The number of rotatable bonds is 3. The summed E-state index contributed by atoms with van der Waals surface area (Å²) in [5.74, 6) is -0.396. The van der Waals surface area contributed by atoms with E-state index in [4.69, 9.17) is 4.74 Å². The molecule has 0 radical (unpaired) electrons. The predicted molar refractivity (Wildman–Crippen MR) is 82.9 cm³/mol. The second-order valence-corrected chi connectivity index (χ2v) is 7.61. The molecule has 2 aliphatic rings. The van der Waals surface area contributed by atoms with E-state index in [1.807, 2.05) is 19.1 Å². The summed E-state index contributed by atoms with van der Waals surface area (Å²) in [7, 11) is 1.36. The third-order valence-electron chi connectivity index (χ3n) is 3.72. The summed E-state index contributed by atoms with van der Waals surface area (Å²) in [6.07, 6.45) is 1.96. The van der Waals surface area contributed by atoms with Gasteiger partial charge in [-0.1, -0.05) is 0 Å². The molecule has 1 N–H and O–H groups in total. The summed E-state index contributed by atoms with van der Waals surface area (Å²) >= 11 is 4.91. The number of thiophene rings is 1. The van der Waals surface area contributed by atoms with Crippen molar-refractivity contribution in [1.29, 1.82) is 0 Å². The molecule has 1 saturated carbocycles. The number of esters is 1. The van der Waals surface area contributed by atoms with Crippen molar-refractivity contribution in [3.8, 4) is 0 Å². The number of nitrogens with zero attached hydrogens (tertiary/aromatic N) is 1. The minimum atomic E-state index is -0.448. The van der Waals surface area contributed by atoms with Crippen LogP contribution in [0.4, 0.5) is 4.79 Å². The topological polar surface area (TPSA) is 58.6 Å². The Bertz CT molecular complexity index is 636. The van der Waals surface area contributed by atoms with Crippen LogP contribution in [0.25, 0.3) is 0 Å². The van der Waals surface area contributed by atoms with E-state index in [1.165, 1.54) is 18.4 Å². The van der Waals surface area contributed by atoms with Gasteiger partial charge in [-0.15, -0.1) is 11.3 Å². The number of hydrogen-bond donors (Lipinski definition) is 1. The van der Waals surface area contributed by atoms with E-state index in [1.54, 1.807) is 4.90 Å². The zero-order chi connectivity index (χ0) is 15.1. The fourth-order valence-electron chi connectivity index (χ4n) is 2.60. The average molecular weight is 371 g/mol. The third-order valence-corrected chi connectivity index (χ3v) is 5.41. The lowest BCUT2D eigenvalue weighted by Crippen LogP contribution is -2.48. The molecule has 2 amide bonds. The summed E-state index contributed by atoms with van der Waals surface area (Å²) in [5.41, 5.74) is 1.21. The van der Waals surface area contributed by atoms with Gasteiger partial charge in [0.15, 0.2) is 0 Å². The van der Waals surface area contributed by atoms with Crippen LogP contribution in [0.2, 0.25) is 0 Å². The minimum Gasteiger partial charge on any atom is -0.466 e. The number of halogens is 1. The van der Waals surface area contributed by atoms with Gasteiger partial charge >= 0.3 is 12.0 Å². The molecule has 5 nitrogen and oxygen atoms in total. The molecule has 0 bridgehead atoms. The third kappa shape index (κ3) is 2.60. The monoisotopic (exact) mass is 370 g/mol. The Balaban J connectivity index is 2.06. The van der Waals surface area contributed by atoms with Crippen LogP contribution in [0.5, 0.6) is 0 Å². The molecule has 21 heavy (non-hydrogen) atoms. The van der Waals surface area contributed by atoms with Crippen LogP contribution in [0.1, 0.15) is 30.7 Å². The van der Waals surface area contributed by atoms with Gasteiger partial charge in [-0.2, -0.15) is 0 Å². The van der Waals surface area contributed by atoms with Crippen molar-refractivity contribution in [2.45, 2.75) is 31.8 Å². The van der Waals surface area contributed by atoms with Crippen LogP contribution >= 0.6 is 27.3 Å². The minimum absolute atomic E-state index is 0.142. The summed E-state index contributed by atoms with van der Waals surface area (Å²) in [6, 6.07) is 3.43. The van der Waals surface area contributed by atoms with Gasteiger partial charge < -0.3 is 10.1 Å². The van der Waals surface area contributed by atoms with E-state index >= 15 is 0 Å². The fourth-order valence-corrected chi connectivity index (χ4v) is 4.09. The Morgan fingerprint density at radius 2 is 2.19 bits per heavy atom. The first kappa shape index (κ1) is 14.6. The van der Waals surface area contributed by atoms with Crippen molar-refractivity contribution in [2.75, 3.05) is 7.11 Å². The van der Waals surface area contributed by atoms with Crippen LogP contribution in [0, 0.1) is 0 Å². The zero-order valence-electron chi connectivity index (χ0n) is 11.7. The first-order chi connectivity index (χ1) is 10.0. The number of ether oxygens (including phenoxy) is 1. The fraction of sp³-hybridized carbons (Fsp3) is 0.429. The molecule has 1 aromatic heterocycles. The number of methoxy groups -OCH3 is 1. The predicted octanol–water partition coefficient (Wildman–Crippen LogP) is 3.19. The molecule has 0 aromatic carbocycles. The van der Waals surface area contributed by atoms with Gasteiger partial charge in [-0.05, 0) is 47.8 Å². The highest BCUT2D eigenvalue weighted by atomic mass is 79.9. The summed E-state index contributed by atoms with van der Waals surface area (Å²) in [5, 5.41) is 2.93. The number of carbonyl (C=O) groups is 2. The maximum absolute atomic E-state index is 12.4. The second-order valence-electron chi connectivity index (χ2n) is 5.12. The normalized spacial score (nSPS) is 22.3. The second kappa shape index (κ2) is 5.46. The van der Waals surface area contributed by atoms with E-state index in [0.29, 0.717) is 11.3 Å². The highest BCUT2D eigenvalue weighted by Gasteiger charge is 2.42. The first-order valence-corrected chi connectivity index (χ1v) is 8.28. The lowest BCUT2D eigenvalue weighted by Gasteiger charge is -2.34. The Hall–Kier alpha value is -1.34. The van der Waals surface area contributed by atoms with Crippen molar-refractivity contribution in [3.63, 3.8) is 0 Å². The standard InChI is InChI=1S/C14H15BrN2O3S/c1-7-11(13(18)20-2)12(9-5-6-10(15)21-9)16-14(19)17(7)8-3-4-8/h5-6,8,12H,3-4H2,1-2H3,(H,16,19)/t12-/m1/s1. The lowest BCUT2D eigenvalue weighted by atomic mass is 10.0. The van der Waals surface area contributed by atoms with Crippen molar-refractivity contribution in [2.24, 2.45) is 0 Å². The zero-order valence-corrected chi connectivity index (χ0v) is 14.1. The molecule has 3 rings (SSSR count). The Morgan fingerprint density at radius 3 is 2.71 bits per heavy atom. The van der Waals surface area contributed by atoms with E-state index in [0.717, 1.165) is 21.5 Å². The molecule has 112 valence electrons. The van der Waals surface area contributed by atoms with E-state index in [-0.39, 0.29) is 12.1 Å². The van der Waals surface area contributed by atoms with Gasteiger partial charge in [0.1, 0.15) is 0 Å². The molecule has 1 aliphatic heterocycles. The molecule has 2 heterocycles. The SMILES string of the molecule is COC(=O)C1=C(C)N(C2CC2)C(=O)N[C@@H]1c1ccc(Br)s1. The van der Waals surface area contributed by atoms with E-state index in [9.17, 15) is 9.59 Å². The molecule has 0 saturated heterocycles. The van der Waals surface area contributed by atoms with Gasteiger partial charge in [-0.25, -0.2) is 9.59 Å². The first-order valence-electron chi connectivity index (χ1n) is 6.67. The van der Waals surface area contributed by atoms with Gasteiger partial charge in [0.2, 0.25) is 0 Å². The molecule has 1 fully saturated rings. The van der Waals surface area contributed by atoms with Crippen LogP contribution in [-0.2, 0) is 9.53 Å². The van der Waals surface area contributed by atoms with Crippen molar-refractivity contribution in [3.05, 3.63) is 32.1 Å². The number of nitrogens with one attached hydrogen (secondary N) is 1. The molecule has 1 aliphatic carbocycles. The summed E-state index contributed by atoms with van der Waals surface area (Å²) in [6.45, 7) is 1.82. The number of allylic oxidation sites excluding steroid dienone is 1.